The van der Waals surface area contributed by atoms with Gasteiger partial charge in [-0.15, -0.1) is 11.3 Å². The van der Waals surface area contributed by atoms with Gasteiger partial charge in [-0.3, -0.25) is 0 Å². The van der Waals surface area contributed by atoms with Crippen molar-refractivity contribution in [2.45, 2.75) is 0 Å². The molecule has 0 amide bonds. The summed E-state index contributed by atoms with van der Waals surface area (Å²) in [6.07, 6.45) is 0. The number of aromatic nitrogens is 3. The van der Waals surface area contributed by atoms with Gasteiger partial charge in [-0.1, -0.05) is 206 Å². The summed E-state index contributed by atoms with van der Waals surface area (Å²) in [6.45, 7) is 0. The molecule has 96 heavy (non-hydrogen) atoms. The predicted molar refractivity (Wildman–Crippen MR) is 408 cm³/mol. The first-order valence-corrected chi connectivity index (χ1v) is 33.6. The van der Waals surface area contributed by atoms with Gasteiger partial charge in [0.1, 0.15) is 0 Å². The summed E-state index contributed by atoms with van der Waals surface area (Å²) in [6, 6.07) is 132. The highest BCUT2D eigenvalue weighted by atomic mass is 32.1. The number of para-hydroxylation sites is 5. The minimum Gasteiger partial charge on any atom is -0.310 e. The highest BCUT2D eigenvalue weighted by molar-refractivity contribution is 7.26. The number of fused-ring (bicyclic) bond motifs is 13. The Balaban J connectivity index is 0.898. The van der Waals surface area contributed by atoms with Crippen molar-refractivity contribution in [2.24, 2.45) is 0 Å². The highest BCUT2D eigenvalue weighted by Crippen LogP contribution is 2.49. The van der Waals surface area contributed by atoms with Crippen LogP contribution in [-0.4, -0.2) is 13.7 Å². The van der Waals surface area contributed by atoms with E-state index in [1.807, 2.05) is 11.3 Å². The fourth-order valence-corrected chi connectivity index (χ4v) is 16.3. The second-order valence-electron chi connectivity index (χ2n) is 24.9. The molecule has 0 saturated heterocycles. The second kappa shape index (κ2) is 22.7. The summed E-state index contributed by atoms with van der Waals surface area (Å²) in [7, 11) is 0. The van der Waals surface area contributed by atoms with Gasteiger partial charge in [0.15, 0.2) is 0 Å². The van der Waals surface area contributed by atoms with E-state index in [9.17, 15) is 0 Å². The largest absolute Gasteiger partial charge is 0.310 e. The molecule has 19 aromatic rings. The number of benzene rings is 15. The van der Waals surface area contributed by atoms with Gasteiger partial charge in [-0.25, -0.2) is 0 Å². The van der Waals surface area contributed by atoms with E-state index in [1.165, 1.54) is 69.1 Å². The van der Waals surface area contributed by atoms with Crippen molar-refractivity contribution in [1.29, 1.82) is 0 Å². The van der Waals surface area contributed by atoms with E-state index >= 15 is 0 Å². The van der Waals surface area contributed by atoms with Crippen LogP contribution in [-0.2, 0) is 0 Å². The molecule has 0 unspecified atom stereocenters. The van der Waals surface area contributed by atoms with E-state index in [0.717, 1.165) is 101 Å². The molecule has 4 aromatic heterocycles. The van der Waals surface area contributed by atoms with Crippen LogP contribution in [0, 0.1) is 0 Å². The number of thiophene rings is 1. The lowest BCUT2D eigenvalue weighted by atomic mass is 9.99. The zero-order valence-electron chi connectivity index (χ0n) is 52.2. The van der Waals surface area contributed by atoms with Gasteiger partial charge >= 0.3 is 0 Å². The number of nitrogens with zero attached hydrogens (tertiary/aromatic N) is 5. The first-order valence-electron chi connectivity index (χ1n) is 32.8. The molecule has 15 aromatic carbocycles. The maximum Gasteiger partial charge on any atom is 0.0555 e. The smallest absolute Gasteiger partial charge is 0.0555 e. The Morgan fingerprint density at radius 3 is 1.06 bits per heavy atom. The summed E-state index contributed by atoms with van der Waals surface area (Å²) in [5, 5.41) is 9.76. The Morgan fingerprint density at radius 1 is 0.198 bits per heavy atom. The molecule has 0 radical (unpaired) electrons. The van der Waals surface area contributed by atoms with Crippen molar-refractivity contribution in [3.05, 3.63) is 358 Å². The molecule has 0 saturated carbocycles. The van der Waals surface area contributed by atoms with Crippen molar-refractivity contribution in [3.63, 3.8) is 0 Å². The van der Waals surface area contributed by atoms with Crippen molar-refractivity contribution in [1.82, 2.24) is 13.7 Å². The predicted octanol–water partition coefficient (Wildman–Crippen LogP) is 25.3. The van der Waals surface area contributed by atoms with Gasteiger partial charge in [-0.05, 0) is 185 Å². The molecule has 4 heterocycles. The Bertz CT molecular complexity index is 5910. The maximum absolute atomic E-state index is 2.48. The summed E-state index contributed by atoms with van der Waals surface area (Å²) in [4.78, 5) is 4.95. The Kier molecular flexibility index (Phi) is 13.0. The molecule has 450 valence electrons. The first kappa shape index (κ1) is 55.2. The van der Waals surface area contributed by atoms with Gasteiger partial charge < -0.3 is 23.5 Å². The van der Waals surface area contributed by atoms with Crippen molar-refractivity contribution >= 4 is 131 Å². The molecule has 0 aliphatic rings. The third kappa shape index (κ3) is 9.14. The van der Waals surface area contributed by atoms with Gasteiger partial charge in [0.25, 0.3) is 0 Å². The monoisotopic (exact) mass is 1240 g/mol. The summed E-state index contributed by atoms with van der Waals surface area (Å²) in [5.41, 5.74) is 23.3. The van der Waals surface area contributed by atoms with Crippen LogP contribution in [0.3, 0.4) is 0 Å². The Hall–Kier alpha value is -12.5. The van der Waals surface area contributed by atoms with E-state index in [1.54, 1.807) is 0 Å². The fourth-order valence-electron chi connectivity index (χ4n) is 15.0. The molecule has 0 aliphatic heterocycles. The van der Waals surface area contributed by atoms with Gasteiger partial charge in [-0.2, -0.15) is 0 Å². The average molecular weight is 1240 g/mol. The quantitative estimate of drug-likeness (QED) is 0.122. The zero-order chi connectivity index (χ0) is 63.2. The van der Waals surface area contributed by atoms with E-state index < -0.39 is 0 Å². The minimum absolute atomic E-state index is 1.01. The number of hydrogen-bond acceptors (Lipinski definition) is 3. The molecular formula is C90H59N5S. The van der Waals surface area contributed by atoms with Gasteiger partial charge in [0, 0.05) is 104 Å². The van der Waals surface area contributed by atoms with E-state index in [-0.39, 0.29) is 0 Å². The lowest BCUT2D eigenvalue weighted by molar-refractivity contribution is 1.18. The zero-order valence-corrected chi connectivity index (χ0v) is 53.0. The second-order valence-corrected chi connectivity index (χ2v) is 25.9. The summed E-state index contributed by atoms with van der Waals surface area (Å²) < 4.78 is 9.84. The van der Waals surface area contributed by atoms with Crippen molar-refractivity contribution in [3.8, 4) is 50.4 Å². The first-order chi connectivity index (χ1) is 47.6. The van der Waals surface area contributed by atoms with E-state index in [2.05, 4.69) is 381 Å². The van der Waals surface area contributed by atoms with Crippen LogP contribution in [0.15, 0.2) is 358 Å². The molecule has 0 fully saturated rings. The van der Waals surface area contributed by atoms with E-state index in [0.29, 0.717) is 0 Å². The molecule has 0 aliphatic carbocycles. The molecule has 0 N–H and O–H groups in total. The molecule has 0 spiro atoms. The van der Waals surface area contributed by atoms with E-state index in [4.69, 9.17) is 0 Å². The Morgan fingerprint density at radius 2 is 0.562 bits per heavy atom. The Labute approximate surface area is 559 Å². The molecule has 6 heteroatoms. The highest BCUT2D eigenvalue weighted by Gasteiger charge is 2.25. The van der Waals surface area contributed by atoms with Gasteiger partial charge in [0.2, 0.25) is 0 Å². The normalized spacial score (nSPS) is 11.8. The molecule has 19 rings (SSSR count). The average Bonchev–Trinajstić information content (AvgIpc) is 1.55. The molecule has 5 nitrogen and oxygen atoms in total. The summed E-state index contributed by atoms with van der Waals surface area (Å²) in [5.74, 6) is 0. The minimum atomic E-state index is 1.01. The van der Waals surface area contributed by atoms with Crippen LogP contribution in [0.5, 0.6) is 0 Å². The lowest BCUT2D eigenvalue weighted by Crippen LogP contribution is -2.14. The van der Waals surface area contributed by atoms with Crippen LogP contribution in [0.25, 0.3) is 136 Å². The van der Waals surface area contributed by atoms with Crippen LogP contribution >= 0.6 is 11.3 Å². The van der Waals surface area contributed by atoms with Crippen LogP contribution < -0.4 is 9.80 Å². The SMILES string of the molecule is c1ccc(-c2ccc(N(c3cc(-c4ccc5c(c4)c4c6sc7ccccc7c6ccc4n5-c4ccccc4)cc(N(c4ccc(-c5ccccc5)cc4)c4ccc5c(c4)c4ccccc4n5-c4ccccc4)c3)c3ccc4c(c3)c3ccccc3n4-c3ccccc3)cc2)cc1. The number of hydrogen-bond donors (Lipinski definition) is 0. The fraction of sp³-hybridized carbons (Fsp3) is 0. The third-order valence-corrected chi connectivity index (χ3v) is 20.6. The summed E-state index contributed by atoms with van der Waals surface area (Å²) >= 11 is 1.89. The van der Waals surface area contributed by atoms with Gasteiger partial charge in [0.05, 0.1) is 33.1 Å². The number of anilines is 6. The maximum atomic E-state index is 2.48. The topological polar surface area (TPSA) is 21.3 Å². The molecule has 0 atom stereocenters. The van der Waals surface area contributed by atoms with Crippen LogP contribution in [0.2, 0.25) is 0 Å². The van der Waals surface area contributed by atoms with Crippen LogP contribution in [0.4, 0.5) is 34.1 Å². The number of rotatable bonds is 12. The van der Waals surface area contributed by atoms with Crippen molar-refractivity contribution in [2.75, 3.05) is 9.80 Å². The third-order valence-electron chi connectivity index (χ3n) is 19.4. The van der Waals surface area contributed by atoms with Crippen molar-refractivity contribution < 1.29 is 0 Å². The standard InChI is InChI=1S/C90H59N5S/c1-6-22-60(23-7-1)62-38-43-69(44-39-62)91(71-47-51-84-79(58-71)75-32-16-19-35-82(75)93(84)66-26-10-3-11-27-66)73-54-65(64-42-50-86-81(56-64)89-87(95(86)68-30-14-5-15-31-68)53-49-78-77-34-18-21-37-88(77)96-90(78)89)55-74(57-73)92(70-45-40-63(41-46-70)61-24-8-2-9-25-61)72-48-52-85-80(59-72)76-33-17-20-36-83(76)94(85)67-28-12-4-13-29-67/h1-59H. The lowest BCUT2D eigenvalue weighted by Gasteiger charge is -2.31. The van der Waals surface area contributed by atoms with Crippen LogP contribution in [0.1, 0.15) is 0 Å². The molecular weight excluding hydrogens is 1180 g/mol. The molecule has 0 bridgehead atoms.